The van der Waals surface area contributed by atoms with Gasteiger partial charge in [-0.25, -0.2) is 4.98 Å². The summed E-state index contributed by atoms with van der Waals surface area (Å²) in [5, 5.41) is 11.5. The highest BCUT2D eigenvalue weighted by atomic mass is 79.9. The number of nitrogens with one attached hydrogen (secondary N) is 1. The molecule has 0 saturated heterocycles. The van der Waals surface area contributed by atoms with Crippen LogP contribution in [0.3, 0.4) is 0 Å². The van der Waals surface area contributed by atoms with Gasteiger partial charge < -0.3 is 15.6 Å². The fourth-order valence-electron chi connectivity index (χ4n) is 1.65. The number of amides is 1. The van der Waals surface area contributed by atoms with E-state index >= 15 is 0 Å². The highest BCUT2D eigenvalue weighted by Crippen LogP contribution is 2.17. The minimum Gasteiger partial charge on any atom is -0.324 e. The summed E-state index contributed by atoms with van der Waals surface area (Å²) in [6.45, 7) is 3.03. The standard InChI is InChI=1S/C12H15BrN6OS/c1-2-19-10(5-14)17-18-12(19)21-7-11(20)16-9-4-3-8(13)6-15-9/h3-4,6H,2,5,7,14H2,1H3,(H,15,16,20). The summed E-state index contributed by atoms with van der Waals surface area (Å²) >= 11 is 4.61. The van der Waals surface area contributed by atoms with Crippen LogP contribution >= 0.6 is 27.7 Å². The molecule has 0 aliphatic carbocycles. The van der Waals surface area contributed by atoms with Gasteiger partial charge in [-0.05, 0) is 35.0 Å². The molecule has 0 aliphatic rings. The van der Waals surface area contributed by atoms with Gasteiger partial charge in [0.05, 0.1) is 12.3 Å². The maximum Gasteiger partial charge on any atom is 0.236 e. The molecule has 7 nitrogen and oxygen atoms in total. The van der Waals surface area contributed by atoms with Crippen molar-refractivity contribution in [1.82, 2.24) is 19.7 Å². The summed E-state index contributed by atoms with van der Waals surface area (Å²) in [6, 6.07) is 3.55. The van der Waals surface area contributed by atoms with Gasteiger partial charge in [-0.3, -0.25) is 4.79 Å². The number of carbonyl (C=O) groups is 1. The monoisotopic (exact) mass is 370 g/mol. The number of carbonyl (C=O) groups excluding carboxylic acids is 1. The number of halogens is 1. The van der Waals surface area contributed by atoms with E-state index in [1.54, 1.807) is 12.3 Å². The average molecular weight is 371 g/mol. The minimum absolute atomic E-state index is 0.144. The van der Waals surface area contributed by atoms with Crippen LogP contribution in [-0.4, -0.2) is 31.4 Å². The summed E-state index contributed by atoms with van der Waals surface area (Å²) < 4.78 is 2.76. The Morgan fingerprint density at radius 1 is 1.48 bits per heavy atom. The van der Waals surface area contributed by atoms with E-state index in [0.29, 0.717) is 17.5 Å². The molecule has 1 amide bonds. The van der Waals surface area contributed by atoms with Crippen molar-refractivity contribution in [2.75, 3.05) is 11.1 Å². The molecule has 0 radical (unpaired) electrons. The molecular formula is C12H15BrN6OS. The largest absolute Gasteiger partial charge is 0.324 e. The first kappa shape index (κ1) is 15.9. The van der Waals surface area contributed by atoms with Gasteiger partial charge in [0.2, 0.25) is 5.91 Å². The van der Waals surface area contributed by atoms with E-state index in [2.05, 4.69) is 36.4 Å². The smallest absolute Gasteiger partial charge is 0.236 e. The number of rotatable bonds is 6. The maximum absolute atomic E-state index is 11.9. The van der Waals surface area contributed by atoms with Crippen molar-refractivity contribution >= 4 is 39.4 Å². The number of aromatic nitrogens is 4. The molecule has 0 aromatic carbocycles. The minimum atomic E-state index is -0.144. The van der Waals surface area contributed by atoms with E-state index in [1.807, 2.05) is 17.6 Å². The Morgan fingerprint density at radius 2 is 2.29 bits per heavy atom. The number of nitrogens with zero attached hydrogens (tertiary/aromatic N) is 4. The van der Waals surface area contributed by atoms with Crippen LogP contribution in [0.5, 0.6) is 0 Å². The summed E-state index contributed by atoms with van der Waals surface area (Å²) in [5.74, 6) is 1.33. The summed E-state index contributed by atoms with van der Waals surface area (Å²) in [6.07, 6.45) is 1.63. The Morgan fingerprint density at radius 3 is 2.90 bits per heavy atom. The quantitative estimate of drug-likeness (QED) is 0.750. The Bertz CT molecular complexity index is 615. The Labute approximate surface area is 134 Å². The van der Waals surface area contributed by atoms with Crippen molar-refractivity contribution in [2.24, 2.45) is 5.73 Å². The summed E-state index contributed by atoms with van der Waals surface area (Å²) in [7, 11) is 0. The summed E-state index contributed by atoms with van der Waals surface area (Å²) in [5.41, 5.74) is 5.59. The zero-order valence-electron chi connectivity index (χ0n) is 11.4. The lowest BCUT2D eigenvalue weighted by molar-refractivity contribution is -0.113. The van der Waals surface area contributed by atoms with Crippen LogP contribution in [0.4, 0.5) is 5.82 Å². The normalized spacial score (nSPS) is 10.6. The molecule has 2 aromatic heterocycles. The van der Waals surface area contributed by atoms with Gasteiger partial charge in [-0.1, -0.05) is 11.8 Å². The number of pyridine rings is 1. The van der Waals surface area contributed by atoms with Crippen LogP contribution in [0.2, 0.25) is 0 Å². The van der Waals surface area contributed by atoms with E-state index in [4.69, 9.17) is 5.73 Å². The lowest BCUT2D eigenvalue weighted by Gasteiger charge is -2.06. The van der Waals surface area contributed by atoms with Gasteiger partial charge >= 0.3 is 0 Å². The van der Waals surface area contributed by atoms with Crippen molar-refractivity contribution in [3.63, 3.8) is 0 Å². The molecule has 2 rings (SSSR count). The third-order valence-electron chi connectivity index (χ3n) is 2.62. The Balaban J connectivity index is 1.92. The number of nitrogens with two attached hydrogens (primary N) is 1. The average Bonchev–Trinajstić information content (AvgIpc) is 2.89. The van der Waals surface area contributed by atoms with E-state index < -0.39 is 0 Å². The molecule has 9 heteroatoms. The fraction of sp³-hybridized carbons (Fsp3) is 0.333. The van der Waals surface area contributed by atoms with E-state index in [0.717, 1.165) is 16.8 Å². The van der Waals surface area contributed by atoms with Crippen molar-refractivity contribution in [3.05, 3.63) is 28.6 Å². The first-order chi connectivity index (χ1) is 10.1. The highest BCUT2D eigenvalue weighted by Gasteiger charge is 2.12. The second-order valence-corrected chi connectivity index (χ2v) is 5.90. The summed E-state index contributed by atoms with van der Waals surface area (Å²) in [4.78, 5) is 16.0. The molecule has 0 aliphatic heterocycles. The number of hydrogen-bond acceptors (Lipinski definition) is 6. The van der Waals surface area contributed by atoms with Gasteiger partial charge in [-0.15, -0.1) is 10.2 Å². The Hall–Kier alpha value is -1.45. The van der Waals surface area contributed by atoms with E-state index in [9.17, 15) is 4.79 Å². The lowest BCUT2D eigenvalue weighted by Crippen LogP contribution is -2.15. The molecule has 0 fully saturated rings. The zero-order chi connectivity index (χ0) is 15.2. The lowest BCUT2D eigenvalue weighted by atomic mass is 10.4. The molecule has 21 heavy (non-hydrogen) atoms. The molecular weight excluding hydrogens is 356 g/mol. The van der Waals surface area contributed by atoms with Crippen molar-refractivity contribution in [1.29, 1.82) is 0 Å². The van der Waals surface area contributed by atoms with E-state index in [-0.39, 0.29) is 11.7 Å². The Kier molecular flexibility index (Phi) is 5.71. The third kappa shape index (κ3) is 4.26. The number of hydrogen-bond donors (Lipinski definition) is 2. The fourth-order valence-corrected chi connectivity index (χ4v) is 2.71. The van der Waals surface area contributed by atoms with Gasteiger partial charge in [-0.2, -0.15) is 0 Å². The van der Waals surface area contributed by atoms with Crippen molar-refractivity contribution < 1.29 is 4.79 Å². The van der Waals surface area contributed by atoms with Crippen LogP contribution in [-0.2, 0) is 17.9 Å². The third-order valence-corrected chi connectivity index (χ3v) is 4.06. The molecule has 0 bridgehead atoms. The predicted molar refractivity (Wildman–Crippen MR) is 84.9 cm³/mol. The number of anilines is 1. The second kappa shape index (κ2) is 7.53. The molecule has 0 unspecified atom stereocenters. The van der Waals surface area contributed by atoms with Gasteiger partial charge in [0.15, 0.2) is 5.16 Å². The molecule has 0 saturated carbocycles. The van der Waals surface area contributed by atoms with Crippen LogP contribution < -0.4 is 11.1 Å². The molecule has 3 N–H and O–H groups in total. The molecule has 0 atom stereocenters. The highest BCUT2D eigenvalue weighted by molar-refractivity contribution is 9.10. The number of thioether (sulfide) groups is 1. The molecule has 112 valence electrons. The molecule has 2 heterocycles. The van der Waals surface area contributed by atoms with Crippen LogP contribution in [0, 0.1) is 0 Å². The molecule has 0 spiro atoms. The SMILES string of the molecule is CCn1c(CN)nnc1SCC(=O)Nc1ccc(Br)cn1. The van der Waals surface area contributed by atoms with Crippen LogP contribution in [0.1, 0.15) is 12.7 Å². The topological polar surface area (TPSA) is 98.7 Å². The zero-order valence-corrected chi connectivity index (χ0v) is 13.8. The van der Waals surface area contributed by atoms with Crippen molar-refractivity contribution in [3.8, 4) is 0 Å². The van der Waals surface area contributed by atoms with Crippen LogP contribution in [0.25, 0.3) is 0 Å². The first-order valence-corrected chi connectivity index (χ1v) is 8.08. The molecule has 2 aromatic rings. The maximum atomic E-state index is 11.9. The predicted octanol–water partition coefficient (Wildman–Crippen LogP) is 1.64. The van der Waals surface area contributed by atoms with Crippen molar-refractivity contribution in [2.45, 2.75) is 25.2 Å². The van der Waals surface area contributed by atoms with Crippen LogP contribution in [0.15, 0.2) is 28.0 Å². The van der Waals surface area contributed by atoms with Gasteiger partial charge in [0.1, 0.15) is 11.6 Å². The van der Waals surface area contributed by atoms with E-state index in [1.165, 1.54) is 11.8 Å². The first-order valence-electron chi connectivity index (χ1n) is 6.30. The van der Waals surface area contributed by atoms with Gasteiger partial charge in [0, 0.05) is 17.2 Å². The second-order valence-electron chi connectivity index (χ2n) is 4.05. The van der Waals surface area contributed by atoms with Gasteiger partial charge in [0.25, 0.3) is 0 Å².